The van der Waals surface area contributed by atoms with E-state index in [1.54, 1.807) is 0 Å². The molecule has 6 nitrogen and oxygen atoms in total. The van der Waals surface area contributed by atoms with Gasteiger partial charge in [0.2, 0.25) is 0 Å². The van der Waals surface area contributed by atoms with Gasteiger partial charge in [0.05, 0.1) is 0 Å². The number of ether oxygens (including phenoxy) is 3. The van der Waals surface area contributed by atoms with Crippen molar-refractivity contribution in [1.29, 1.82) is 0 Å². The SMILES string of the molecule is CC/C=C\C/C=C\C/C=C\C/C=C\CCCCCCCCCCCCCCCCCCC(=O)OCC(COC(=O)CCCCCCCCCC)OC(=O)CCCCCCCCCC/C=C\C/C=C\C/C=C\C/C=C\CC. The fourth-order valence-corrected chi connectivity index (χ4v) is 9.07. The predicted octanol–water partition coefficient (Wildman–Crippen LogP) is 22.0. The first-order valence-corrected chi connectivity index (χ1v) is 32.2. The van der Waals surface area contributed by atoms with Crippen molar-refractivity contribution in [2.24, 2.45) is 0 Å². The van der Waals surface area contributed by atoms with E-state index < -0.39 is 6.10 Å². The van der Waals surface area contributed by atoms with Crippen LogP contribution in [0, 0.1) is 0 Å². The van der Waals surface area contributed by atoms with E-state index >= 15 is 0 Å². The van der Waals surface area contributed by atoms with Crippen molar-refractivity contribution in [3.8, 4) is 0 Å². The van der Waals surface area contributed by atoms with Crippen LogP contribution in [0.15, 0.2) is 97.2 Å². The van der Waals surface area contributed by atoms with Crippen molar-refractivity contribution in [3.05, 3.63) is 97.2 Å². The normalized spacial score (nSPS) is 12.7. The highest BCUT2D eigenvalue weighted by Gasteiger charge is 2.19. The molecule has 0 saturated carbocycles. The second-order valence-electron chi connectivity index (χ2n) is 21.3. The lowest BCUT2D eigenvalue weighted by molar-refractivity contribution is -0.167. The molecule has 0 N–H and O–H groups in total. The zero-order valence-electron chi connectivity index (χ0n) is 50.0. The molecule has 1 unspecified atom stereocenters. The van der Waals surface area contributed by atoms with Gasteiger partial charge in [-0.05, 0) is 96.3 Å². The molecule has 1 atom stereocenters. The third-order valence-electron chi connectivity index (χ3n) is 13.8. The van der Waals surface area contributed by atoms with E-state index in [9.17, 15) is 14.4 Å². The molecular formula is C70H120O6. The zero-order valence-corrected chi connectivity index (χ0v) is 50.0. The van der Waals surface area contributed by atoms with Gasteiger partial charge in [0.1, 0.15) is 13.2 Å². The summed E-state index contributed by atoms with van der Waals surface area (Å²) < 4.78 is 16.9. The van der Waals surface area contributed by atoms with Crippen molar-refractivity contribution < 1.29 is 28.6 Å². The highest BCUT2D eigenvalue weighted by atomic mass is 16.6. The molecule has 76 heavy (non-hydrogen) atoms. The maximum atomic E-state index is 12.9. The number of hydrogen-bond acceptors (Lipinski definition) is 6. The fourth-order valence-electron chi connectivity index (χ4n) is 9.07. The second kappa shape index (κ2) is 63.9. The van der Waals surface area contributed by atoms with E-state index in [1.807, 2.05) is 0 Å². The Kier molecular flexibility index (Phi) is 60.8. The lowest BCUT2D eigenvalue weighted by atomic mass is 10.0. The van der Waals surface area contributed by atoms with Crippen LogP contribution in [0.3, 0.4) is 0 Å². The minimum atomic E-state index is -0.779. The average Bonchev–Trinajstić information content (AvgIpc) is 3.42. The monoisotopic (exact) mass is 1060 g/mol. The van der Waals surface area contributed by atoms with Crippen molar-refractivity contribution in [1.82, 2.24) is 0 Å². The molecule has 0 rings (SSSR count). The molecule has 0 aromatic rings. The van der Waals surface area contributed by atoms with Gasteiger partial charge in [0.15, 0.2) is 6.10 Å². The second-order valence-corrected chi connectivity index (χ2v) is 21.3. The van der Waals surface area contributed by atoms with Crippen LogP contribution in [-0.4, -0.2) is 37.2 Å². The molecule has 0 aromatic heterocycles. The van der Waals surface area contributed by atoms with Crippen LogP contribution in [0.1, 0.15) is 310 Å². The van der Waals surface area contributed by atoms with Crippen LogP contribution in [-0.2, 0) is 28.6 Å². The fraction of sp³-hybridized carbons (Fsp3) is 0.729. The minimum Gasteiger partial charge on any atom is -0.462 e. The van der Waals surface area contributed by atoms with Crippen molar-refractivity contribution in [2.75, 3.05) is 13.2 Å². The average molecular weight is 1060 g/mol. The Hall–Kier alpha value is -3.67. The zero-order chi connectivity index (χ0) is 55.0. The molecule has 0 saturated heterocycles. The van der Waals surface area contributed by atoms with Crippen LogP contribution in [0.2, 0.25) is 0 Å². The maximum Gasteiger partial charge on any atom is 0.306 e. The minimum absolute atomic E-state index is 0.0776. The van der Waals surface area contributed by atoms with Crippen molar-refractivity contribution in [3.63, 3.8) is 0 Å². The summed E-state index contributed by atoms with van der Waals surface area (Å²) in [6, 6.07) is 0. The Labute approximate surface area is 470 Å². The van der Waals surface area contributed by atoms with Gasteiger partial charge in [-0.15, -0.1) is 0 Å². The molecule has 0 aliphatic heterocycles. The van der Waals surface area contributed by atoms with Crippen molar-refractivity contribution >= 4 is 17.9 Å². The quantitative estimate of drug-likeness (QED) is 0.0261. The van der Waals surface area contributed by atoms with E-state index in [4.69, 9.17) is 14.2 Å². The topological polar surface area (TPSA) is 78.9 Å². The van der Waals surface area contributed by atoms with Gasteiger partial charge in [-0.25, -0.2) is 0 Å². The summed E-state index contributed by atoms with van der Waals surface area (Å²) >= 11 is 0. The number of allylic oxidation sites excluding steroid dienone is 16. The molecule has 0 spiro atoms. The third kappa shape index (κ3) is 61.2. The largest absolute Gasteiger partial charge is 0.462 e. The van der Waals surface area contributed by atoms with E-state index in [2.05, 4.69) is 118 Å². The van der Waals surface area contributed by atoms with Gasteiger partial charge in [-0.1, -0.05) is 291 Å². The van der Waals surface area contributed by atoms with Crippen LogP contribution in [0.25, 0.3) is 0 Å². The van der Waals surface area contributed by atoms with Gasteiger partial charge in [0.25, 0.3) is 0 Å². The summed E-state index contributed by atoms with van der Waals surface area (Å²) in [5, 5.41) is 0. The molecule has 0 heterocycles. The van der Waals surface area contributed by atoms with Crippen LogP contribution in [0.4, 0.5) is 0 Å². The number of rotatable bonds is 58. The first-order valence-electron chi connectivity index (χ1n) is 32.2. The molecule has 6 heteroatoms. The van der Waals surface area contributed by atoms with Crippen LogP contribution >= 0.6 is 0 Å². The predicted molar refractivity (Wildman–Crippen MR) is 330 cm³/mol. The molecule has 0 radical (unpaired) electrons. The van der Waals surface area contributed by atoms with Crippen LogP contribution < -0.4 is 0 Å². The molecular weight excluding hydrogens is 937 g/mol. The standard InChI is InChI=1S/C70H120O6/c1-4-7-10-13-16-19-21-23-25-27-29-31-32-33-34-35-36-37-38-40-41-43-45-47-49-51-54-57-60-63-69(72)75-66-67(65-74-68(71)62-59-56-53-18-15-12-9-6-3)76-70(73)64-61-58-55-52-50-48-46-44-42-39-30-28-26-24-22-20-17-14-11-8-5-2/h7-8,10-11,16-17,19-20,23-26,29-31,39,67H,4-6,9,12-15,18,21-22,27-28,32-38,40-66H2,1-3H3/b10-7-,11-8-,19-16-,20-17-,25-23-,26-24-,31-29-,39-30-. The number of hydrogen-bond donors (Lipinski definition) is 0. The van der Waals surface area contributed by atoms with E-state index in [0.29, 0.717) is 19.3 Å². The maximum absolute atomic E-state index is 12.9. The highest BCUT2D eigenvalue weighted by molar-refractivity contribution is 5.71. The lowest BCUT2D eigenvalue weighted by Crippen LogP contribution is -2.30. The van der Waals surface area contributed by atoms with E-state index in [-0.39, 0.29) is 31.1 Å². The van der Waals surface area contributed by atoms with Crippen molar-refractivity contribution in [2.45, 2.75) is 316 Å². The molecule has 0 aliphatic carbocycles. The van der Waals surface area contributed by atoms with Crippen LogP contribution in [0.5, 0.6) is 0 Å². The number of esters is 3. The van der Waals surface area contributed by atoms with Gasteiger partial charge >= 0.3 is 17.9 Å². The molecule has 0 fully saturated rings. The summed E-state index contributed by atoms with van der Waals surface area (Å²) in [6.07, 6.45) is 85.8. The molecule has 0 bridgehead atoms. The Morgan fingerprint density at radius 3 is 0.803 bits per heavy atom. The first kappa shape index (κ1) is 72.3. The van der Waals surface area contributed by atoms with E-state index in [1.165, 1.54) is 154 Å². The first-order chi connectivity index (χ1) is 37.5. The summed E-state index contributed by atoms with van der Waals surface area (Å²) in [5.41, 5.74) is 0. The van der Waals surface area contributed by atoms with Gasteiger partial charge < -0.3 is 14.2 Å². The number of carbonyl (C=O) groups is 3. The molecule has 0 amide bonds. The number of carbonyl (C=O) groups excluding carboxylic acids is 3. The lowest BCUT2D eigenvalue weighted by Gasteiger charge is -2.18. The Morgan fingerprint density at radius 2 is 0.513 bits per heavy atom. The Bertz CT molecular complexity index is 1490. The van der Waals surface area contributed by atoms with Gasteiger partial charge in [-0.3, -0.25) is 14.4 Å². The summed E-state index contributed by atoms with van der Waals surface area (Å²) in [6.45, 7) is 6.41. The number of unbranched alkanes of at least 4 members (excludes halogenated alkanes) is 31. The van der Waals surface area contributed by atoms with E-state index in [0.717, 1.165) is 116 Å². The molecule has 0 aliphatic rings. The smallest absolute Gasteiger partial charge is 0.306 e. The van der Waals surface area contributed by atoms with Gasteiger partial charge in [0, 0.05) is 19.3 Å². The molecule has 0 aromatic carbocycles. The summed E-state index contributed by atoms with van der Waals surface area (Å²) in [4.78, 5) is 38.2. The van der Waals surface area contributed by atoms with Gasteiger partial charge in [-0.2, -0.15) is 0 Å². The Morgan fingerprint density at radius 1 is 0.276 bits per heavy atom. The third-order valence-corrected chi connectivity index (χ3v) is 13.8. The summed E-state index contributed by atoms with van der Waals surface area (Å²) in [7, 11) is 0. The summed E-state index contributed by atoms with van der Waals surface area (Å²) in [5.74, 6) is -0.879. The highest BCUT2D eigenvalue weighted by Crippen LogP contribution is 2.17. The Balaban J connectivity index is 4.14. The molecule has 436 valence electrons.